The maximum Gasteiger partial charge on any atom is 0.135 e. The molecule has 0 aromatic rings. The van der Waals surface area contributed by atoms with Crippen LogP contribution in [-0.2, 0) is 0 Å². The Kier molecular flexibility index (Phi) is 2.22. The molecule has 0 spiro atoms. The molecule has 1 rings (SSSR count). The third-order valence-corrected chi connectivity index (χ3v) is 1.89. The van der Waals surface area contributed by atoms with Gasteiger partial charge in [-0.3, -0.25) is 0 Å². The molecular weight excluding hydrogens is 150 g/mol. The monoisotopic (exact) mass is 165 g/mol. The topological polar surface area (TPSA) is 27.6 Å². The van der Waals surface area contributed by atoms with Crippen molar-refractivity contribution in [3.05, 3.63) is 23.7 Å². The fraction of sp³-hybridized carbons (Fsp3) is 0.444. The summed E-state index contributed by atoms with van der Waals surface area (Å²) >= 11 is 0. The van der Waals surface area contributed by atoms with E-state index in [-0.39, 0.29) is 0 Å². The summed E-state index contributed by atoms with van der Waals surface area (Å²) in [6, 6.07) is 0. The second-order valence-corrected chi connectivity index (χ2v) is 3.15. The second-order valence-electron chi connectivity index (χ2n) is 3.15. The average molecular weight is 165 g/mol. The molecular formula is C9H15N3. The highest BCUT2D eigenvalue weighted by molar-refractivity contribution is 5.99. The molecule has 0 amide bonds. The molecule has 0 radical (unpaired) electrons. The smallest absolute Gasteiger partial charge is 0.135 e. The van der Waals surface area contributed by atoms with E-state index in [0.29, 0.717) is 5.82 Å². The van der Waals surface area contributed by atoms with Gasteiger partial charge in [0.15, 0.2) is 0 Å². The Morgan fingerprint density at radius 2 is 1.92 bits per heavy atom. The molecule has 0 saturated carbocycles. The molecule has 1 heterocycles. The second kappa shape index (κ2) is 3.01. The molecule has 0 unspecified atom stereocenters. The van der Waals surface area contributed by atoms with Gasteiger partial charge in [-0.25, -0.2) is 4.99 Å². The van der Waals surface area contributed by atoms with Crippen LogP contribution in [0.15, 0.2) is 28.7 Å². The molecule has 0 aromatic carbocycles. The third kappa shape index (κ3) is 1.49. The van der Waals surface area contributed by atoms with Gasteiger partial charge in [-0.05, 0) is 13.8 Å². The number of nitrogens with one attached hydrogen (secondary N) is 1. The van der Waals surface area contributed by atoms with Gasteiger partial charge < -0.3 is 10.2 Å². The lowest BCUT2D eigenvalue weighted by atomic mass is 10.2. The van der Waals surface area contributed by atoms with Crippen LogP contribution in [0.5, 0.6) is 0 Å². The molecule has 66 valence electrons. The van der Waals surface area contributed by atoms with Crippen LogP contribution in [-0.4, -0.2) is 24.8 Å². The number of rotatable bonds is 0. The number of aliphatic imine (C=N–C) groups is 1. The van der Waals surface area contributed by atoms with Crippen LogP contribution in [0, 0.1) is 0 Å². The Labute approximate surface area is 73.5 Å². The van der Waals surface area contributed by atoms with E-state index in [9.17, 15) is 0 Å². The van der Waals surface area contributed by atoms with E-state index in [1.807, 2.05) is 32.8 Å². The first kappa shape index (κ1) is 8.84. The van der Waals surface area contributed by atoms with Gasteiger partial charge >= 0.3 is 0 Å². The summed E-state index contributed by atoms with van der Waals surface area (Å²) < 4.78 is 0. The largest absolute Gasteiger partial charge is 0.362 e. The summed E-state index contributed by atoms with van der Waals surface area (Å²) in [6.07, 6.45) is 0. The lowest BCUT2D eigenvalue weighted by Gasteiger charge is -2.23. The molecule has 1 N–H and O–H groups in total. The fourth-order valence-corrected chi connectivity index (χ4v) is 1.15. The number of nitrogens with zero attached hydrogens (tertiary/aromatic N) is 2. The minimum absolute atomic E-state index is 0.710. The van der Waals surface area contributed by atoms with E-state index < -0.39 is 0 Å². The van der Waals surface area contributed by atoms with Gasteiger partial charge in [0.05, 0.1) is 0 Å². The summed E-state index contributed by atoms with van der Waals surface area (Å²) in [5.41, 5.74) is 2.30. The molecule has 0 saturated heterocycles. The molecule has 3 heteroatoms. The Morgan fingerprint density at radius 3 is 2.42 bits per heavy atom. The average Bonchev–Trinajstić information content (AvgIpc) is 1.96. The maximum absolute atomic E-state index is 4.29. The van der Waals surface area contributed by atoms with E-state index in [4.69, 9.17) is 0 Å². The minimum Gasteiger partial charge on any atom is -0.362 e. The van der Waals surface area contributed by atoms with Gasteiger partial charge in [-0.1, -0.05) is 6.58 Å². The van der Waals surface area contributed by atoms with Crippen LogP contribution in [0.3, 0.4) is 0 Å². The standard InChI is InChI=1S/C9H15N3/c1-6-7(2)10-8(3)11-9(6)12(4)5/h10H,3H2,1-2,4-5H3. The van der Waals surface area contributed by atoms with Crippen molar-refractivity contribution in [2.24, 2.45) is 4.99 Å². The van der Waals surface area contributed by atoms with E-state index >= 15 is 0 Å². The predicted molar refractivity (Wildman–Crippen MR) is 51.8 cm³/mol. The van der Waals surface area contributed by atoms with Crippen LogP contribution in [0.2, 0.25) is 0 Å². The van der Waals surface area contributed by atoms with E-state index in [1.54, 1.807) is 0 Å². The normalized spacial score (nSPS) is 17.3. The Bertz CT molecular complexity index is 271. The van der Waals surface area contributed by atoms with Crippen LogP contribution in [0.25, 0.3) is 0 Å². The zero-order valence-electron chi connectivity index (χ0n) is 8.10. The molecule has 0 atom stereocenters. The van der Waals surface area contributed by atoms with E-state index in [2.05, 4.69) is 16.9 Å². The fourth-order valence-electron chi connectivity index (χ4n) is 1.15. The van der Waals surface area contributed by atoms with Crippen molar-refractivity contribution in [1.29, 1.82) is 0 Å². The van der Waals surface area contributed by atoms with E-state index in [1.165, 1.54) is 5.57 Å². The van der Waals surface area contributed by atoms with Crippen molar-refractivity contribution in [1.82, 2.24) is 10.2 Å². The van der Waals surface area contributed by atoms with E-state index in [0.717, 1.165) is 11.5 Å². The Balaban J connectivity index is 3.04. The molecule has 1 aliphatic heterocycles. The quantitative estimate of drug-likeness (QED) is 0.586. The first-order valence-corrected chi connectivity index (χ1v) is 3.92. The summed E-state index contributed by atoms with van der Waals surface area (Å²) in [4.78, 5) is 6.28. The van der Waals surface area contributed by atoms with Crippen molar-refractivity contribution < 1.29 is 0 Å². The van der Waals surface area contributed by atoms with Crippen LogP contribution in [0.4, 0.5) is 0 Å². The number of likely N-dealkylation sites (N-methyl/N-ethyl adjacent to an activating group) is 1. The molecule has 1 aliphatic rings. The van der Waals surface area contributed by atoms with Gasteiger partial charge in [-0.15, -0.1) is 0 Å². The maximum atomic E-state index is 4.29. The first-order chi connectivity index (χ1) is 5.52. The Morgan fingerprint density at radius 1 is 1.33 bits per heavy atom. The summed E-state index contributed by atoms with van der Waals surface area (Å²) in [7, 11) is 3.96. The molecule has 0 aliphatic carbocycles. The number of allylic oxidation sites excluding steroid dienone is 1. The van der Waals surface area contributed by atoms with Crippen LogP contribution >= 0.6 is 0 Å². The highest BCUT2D eigenvalue weighted by atomic mass is 15.2. The van der Waals surface area contributed by atoms with Crippen molar-refractivity contribution in [2.75, 3.05) is 14.1 Å². The van der Waals surface area contributed by atoms with Crippen molar-refractivity contribution in [2.45, 2.75) is 13.8 Å². The molecule has 3 nitrogen and oxygen atoms in total. The zero-order valence-corrected chi connectivity index (χ0v) is 8.10. The SMILES string of the molecule is C=C1N=C(N(C)C)C(C)=C(C)N1. The number of hydrogen-bond acceptors (Lipinski definition) is 3. The summed E-state index contributed by atoms with van der Waals surface area (Å²) in [5.74, 6) is 1.69. The minimum atomic E-state index is 0.710. The lowest BCUT2D eigenvalue weighted by Crippen LogP contribution is -2.30. The number of hydrogen-bond donors (Lipinski definition) is 1. The summed E-state index contributed by atoms with van der Waals surface area (Å²) in [6.45, 7) is 7.85. The highest BCUT2D eigenvalue weighted by Crippen LogP contribution is 2.13. The molecule has 0 bridgehead atoms. The third-order valence-electron chi connectivity index (χ3n) is 1.89. The highest BCUT2D eigenvalue weighted by Gasteiger charge is 2.13. The predicted octanol–water partition coefficient (Wildman–Crippen LogP) is 1.31. The van der Waals surface area contributed by atoms with Gasteiger partial charge in [-0.2, -0.15) is 0 Å². The van der Waals surface area contributed by atoms with Crippen molar-refractivity contribution in [3.63, 3.8) is 0 Å². The Hall–Kier alpha value is -1.25. The van der Waals surface area contributed by atoms with Gasteiger partial charge in [0.1, 0.15) is 11.7 Å². The van der Waals surface area contributed by atoms with Gasteiger partial charge in [0.25, 0.3) is 0 Å². The first-order valence-electron chi connectivity index (χ1n) is 3.92. The van der Waals surface area contributed by atoms with Gasteiger partial charge in [0, 0.05) is 25.4 Å². The van der Waals surface area contributed by atoms with Crippen molar-refractivity contribution >= 4 is 5.84 Å². The summed E-state index contributed by atoms with van der Waals surface area (Å²) in [5, 5.41) is 3.08. The molecule has 12 heavy (non-hydrogen) atoms. The zero-order chi connectivity index (χ0) is 9.30. The van der Waals surface area contributed by atoms with Crippen LogP contribution in [0.1, 0.15) is 13.8 Å². The number of amidine groups is 1. The molecule has 0 fully saturated rings. The van der Waals surface area contributed by atoms with Gasteiger partial charge in [0.2, 0.25) is 0 Å². The molecule has 0 aromatic heterocycles. The lowest BCUT2D eigenvalue weighted by molar-refractivity contribution is 0.614. The van der Waals surface area contributed by atoms with Crippen molar-refractivity contribution in [3.8, 4) is 0 Å². The van der Waals surface area contributed by atoms with Crippen LogP contribution < -0.4 is 5.32 Å².